The molecule has 0 amide bonds. The summed E-state index contributed by atoms with van der Waals surface area (Å²) < 4.78 is 5.41. The van der Waals surface area contributed by atoms with Crippen molar-refractivity contribution >= 4 is 23.6 Å². The summed E-state index contributed by atoms with van der Waals surface area (Å²) in [4.78, 5) is 18.6. The highest BCUT2D eigenvalue weighted by Crippen LogP contribution is 2.20. The molecule has 0 saturated heterocycles. The lowest BCUT2D eigenvalue weighted by Gasteiger charge is -2.12. The average molecular weight is 369 g/mol. The Hall–Kier alpha value is -3.91. The van der Waals surface area contributed by atoms with E-state index in [9.17, 15) is 4.79 Å². The minimum Gasteiger partial charge on any atom is -0.423 e. The lowest BCUT2D eigenvalue weighted by molar-refractivity contribution is 0.0735. The fourth-order valence-corrected chi connectivity index (χ4v) is 2.45. The van der Waals surface area contributed by atoms with E-state index in [0.29, 0.717) is 16.9 Å². The van der Waals surface area contributed by atoms with Crippen LogP contribution in [0.4, 0.5) is 11.4 Å². The van der Waals surface area contributed by atoms with Gasteiger partial charge in [0, 0.05) is 26.0 Å². The van der Waals surface area contributed by atoms with E-state index < -0.39 is 5.97 Å². The molecule has 0 heterocycles. The summed E-state index contributed by atoms with van der Waals surface area (Å²) in [5.41, 5.74) is 3.75. The maximum absolute atomic E-state index is 12.3. The first-order valence-corrected chi connectivity index (χ1v) is 8.69. The third kappa shape index (κ3) is 4.83. The zero-order valence-corrected chi connectivity index (χ0v) is 15.7. The van der Waals surface area contributed by atoms with E-state index in [0.717, 1.165) is 16.9 Å². The maximum atomic E-state index is 12.3. The van der Waals surface area contributed by atoms with Crippen molar-refractivity contribution in [3.05, 3.63) is 89.5 Å². The number of ether oxygens (including phenoxy) is 1. The van der Waals surface area contributed by atoms with Crippen LogP contribution >= 0.6 is 0 Å². The molecule has 3 aromatic rings. The van der Waals surface area contributed by atoms with Crippen molar-refractivity contribution in [3.63, 3.8) is 0 Å². The van der Waals surface area contributed by atoms with E-state index >= 15 is 0 Å². The Bertz CT molecular complexity index is 1010. The normalized spacial score (nSPS) is 10.5. The Balaban J connectivity index is 1.62. The lowest BCUT2D eigenvalue weighted by atomic mass is 10.2. The van der Waals surface area contributed by atoms with Crippen LogP contribution in [0.25, 0.3) is 0 Å². The van der Waals surface area contributed by atoms with Crippen LogP contribution in [-0.4, -0.2) is 26.3 Å². The Morgan fingerprint density at radius 2 is 1.61 bits per heavy atom. The standard InChI is InChI=1S/C23H19N3O2/c1-26(2)21-11-7-19(8-12-21)23(27)28-22-13-9-20(10-14-22)25-16-18-5-3-17(15-24)4-6-18/h3-14,16H,1-2H3. The monoisotopic (exact) mass is 369 g/mol. The van der Waals surface area contributed by atoms with Crippen LogP contribution < -0.4 is 9.64 Å². The van der Waals surface area contributed by atoms with Gasteiger partial charge in [-0.2, -0.15) is 5.26 Å². The van der Waals surface area contributed by atoms with Crippen molar-refractivity contribution < 1.29 is 9.53 Å². The van der Waals surface area contributed by atoms with Crippen LogP contribution in [0.2, 0.25) is 0 Å². The van der Waals surface area contributed by atoms with E-state index in [4.69, 9.17) is 10.00 Å². The predicted molar refractivity (Wildman–Crippen MR) is 111 cm³/mol. The Morgan fingerprint density at radius 1 is 0.964 bits per heavy atom. The molecule has 0 spiro atoms. The van der Waals surface area contributed by atoms with Crippen LogP contribution in [0.5, 0.6) is 5.75 Å². The molecule has 0 atom stereocenters. The van der Waals surface area contributed by atoms with E-state index in [1.54, 1.807) is 54.7 Å². The molecule has 0 aliphatic rings. The van der Waals surface area contributed by atoms with E-state index in [1.807, 2.05) is 43.3 Å². The molecule has 0 fully saturated rings. The second-order valence-corrected chi connectivity index (χ2v) is 6.32. The lowest BCUT2D eigenvalue weighted by Crippen LogP contribution is -2.11. The summed E-state index contributed by atoms with van der Waals surface area (Å²) >= 11 is 0. The molecule has 0 aromatic heterocycles. The number of benzene rings is 3. The molecule has 3 rings (SSSR count). The van der Waals surface area contributed by atoms with Crippen molar-refractivity contribution in [1.29, 1.82) is 5.26 Å². The van der Waals surface area contributed by atoms with Crippen molar-refractivity contribution in [2.24, 2.45) is 4.99 Å². The number of aliphatic imine (C=N–C) groups is 1. The Labute approximate surface area is 164 Å². The number of nitrogens with zero attached hydrogens (tertiary/aromatic N) is 3. The van der Waals surface area contributed by atoms with Crippen LogP contribution in [-0.2, 0) is 0 Å². The van der Waals surface area contributed by atoms with Gasteiger partial charge in [-0.1, -0.05) is 12.1 Å². The summed E-state index contributed by atoms with van der Waals surface area (Å²) in [6.07, 6.45) is 1.72. The summed E-state index contributed by atoms with van der Waals surface area (Å²) in [7, 11) is 3.89. The summed E-state index contributed by atoms with van der Waals surface area (Å²) in [6.45, 7) is 0. The fourth-order valence-electron chi connectivity index (χ4n) is 2.45. The van der Waals surface area contributed by atoms with E-state index in [1.165, 1.54) is 0 Å². The molecule has 0 radical (unpaired) electrons. The van der Waals surface area contributed by atoms with Crippen LogP contribution in [0.3, 0.4) is 0 Å². The van der Waals surface area contributed by atoms with Gasteiger partial charge in [-0.15, -0.1) is 0 Å². The van der Waals surface area contributed by atoms with Gasteiger partial charge in [0.1, 0.15) is 5.75 Å². The molecule has 5 heteroatoms. The van der Waals surface area contributed by atoms with Gasteiger partial charge in [-0.05, 0) is 66.2 Å². The fraction of sp³-hybridized carbons (Fsp3) is 0.0870. The third-order valence-corrected chi connectivity index (χ3v) is 4.07. The quantitative estimate of drug-likeness (QED) is 0.375. The van der Waals surface area contributed by atoms with Gasteiger partial charge >= 0.3 is 5.97 Å². The van der Waals surface area contributed by atoms with Crippen LogP contribution in [0, 0.1) is 11.3 Å². The van der Waals surface area contributed by atoms with Gasteiger partial charge in [-0.25, -0.2) is 4.79 Å². The molecule has 0 aliphatic carbocycles. The molecule has 0 unspecified atom stereocenters. The molecular formula is C23H19N3O2. The Kier molecular flexibility index (Phi) is 5.83. The second-order valence-electron chi connectivity index (χ2n) is 6.32. The summed E-state index contributed by atoms with van der Waals surface area (Å²) in [5.74, 6) is 0.0538. The van der Waals surface area contributed by atoms with Crippen molar-refractivity contribution in [2.45, 2.75) is 0 Å². The van der Waals surface area contributed by atoms with E-state index in [-0.39, 0.29) is 0 Å². The van der Waals surface area contributed by atoms with Gasteiger partial charge < -0.3 is 9.64 Å². The molecule has 0 bridgehead atoms. The zero-order chi connectivity index (χ0) is 19.9. The van der Waals surface area contributed by atoms with Crippen LogP contribution in [0.1, 0.15) is 21.5 Å². The van der Waals surface area contributed by atoms with Gasteiger partial charge in [-0.3, -0.25) is 4.99 Å². The van der Waals surface area contributed by atoms with Gasteiger partial charge in [0.2, 0.25) is 0 Å². The van der Waals surface area contributed by atoms with Gasteiger partial charge in [0.25, 0.3) is 0 Å². The number of anilines is 1. The Morgan fingerprint density at radius 3 is 2.18 bits per heavy atom. The minimum atomic E-state index is -0.404. The smallest absolute Gasteiger partial charge is 0.343 e. The van der Waals surface area contributed by atoms with Crippen molar-refractivity contribution in [1.82, 2.24) is 0 Å². The second kappa shape index (κ2) is 8.65. The highest BCUT2D eigenvalue weighted by atomic mass is 16.5. The molecule has 0 saturated carbocycles. The molecule has 5 nitrogen and oxygen atoms in total. The zero-order valence-electron chi connectivity index (χ0n) is 15.7. The topological polar surface area (TPSA) is 65.7 Å². The first-order valence-electron chi connectivity index (χ1n) is 8.69. The highest BCUT2D eigenvalue weighted by molar-refractivity contribution is 5.91. The average Bonchev–Trinajstić information content (AvgIpc) is 2.73. The maximum Gasteiger partial charge on any atom is 0.343 e. The molecule has 138 valence electrons. The first kappa shape index (κ1) is 18.9. The molecule has 28 heavy (non-hydrogen) atoms. The molecule has 0 aliphatic heterocycles. The first-order chi connectivity index (χ1) is 13.5. The van der Waals surface area contributed by atoms with Crippen molar-refractivity contribution in [3.8, 4) is 11.8 Å². The van der Waals surface area contributed by atoms with Gasteiger partial charge in [0.15, 0.2) is 0 Å². The number of rotatable bonds is 5. The molecule has 0 N–H and O–H groups in total. The summed E-state index contributed by atoms with van der Waals surface area (Å²) in [5, 5.41) is 8.81. The minimum absolute atomic E-state index is 0.404. The number of carbonyl (C=O) groups is 1. The third-order valence-electron chi connectivity index (χ3n) is 4.07. The number of nitriles is 1. The predicted octanol–water partition coefficient (Wildman–Crippen LogP) is 4.59. The number of carbonyl (C=O) groups excluding carboxylic acids is 1. The SMILES string of the molecule is CN(C)c1ccc(C(=O)Oc2ccc(N=Cc3ccc(C#N)cc3)cc2)cc1. The van der Waals surface area contributed by atoms with E-state index in [2.05, 4.69) is 11.1 Å². The number of hydrogen-bond donors (Lipinski definition) is 0. The number of esters is 1. The summed E-state index contributed by atoms with van der Waals surface area (Å²) in [6, 6.07) is 23.4. The van der Waals surface area contributed by atoms with Crippen molar-refractivity contribution in [2.75, 3.05) is 19.0 Å². The van der Waals surface area contributed by atoms with Crippen LogP contribution in [0.15, 0.2) is 77.8 Å². The highest BCUT2D eigenvalue weighted by Gasteiger charge is 2.09. The molecule has 3 aromatic carbocycles. The van der Waals surface area contributed by atoms with Gasteiger partial charge in [0.05, 0.1) is 22.9 Å². The molecular weight excluding hydrogens is 350 g/mol. The number of hydrogen-bond acceptors (Lipinski definition) is 5. The largest absolute Gasteiger partial charge is 0.423 e.